The van der Waals surface area contributed by atoms with Gasteiger partial charge in [-0.2, -0.15) is 0 Å². The highest BCUT2D eigenvalue weighted by Gasteiger charge is 2.52. The first kappa shape index (κ1) is 9.04. The molecule has 13 heavy (non-hydrogen) atoms. The quantitative estimate of drug-likeness (QED) is 0.605. The third-order valence-corrected chi connectivity index (χ3v) is 4.05. The molecule has 2 nitrogen and oxygen atoms in total. The van der Waals surface area contributed by atoms with Crippen molar-refractivity contribution in [2.45, 2.75) is 32.6 Å². The van der Waals surface area contributed by atoms with Crippen LogP contribution in [0, 0.1) is 17.3 Å². The number of carbonyl (C=O) groups excluding carboxylic acids is 1. The highest BCUT2D eigenvalue weighted by molar-refractivity contribution is 5.82. The Labute approximate surface area is 80.3 Å². The zero-order chi connectivity index (χ0) is 9.64. The molecule has 2 bridgehead atoms. The first-order chi connectivity index (χ1) is 6.04. The van der Waals surface area contributed by atoms with Gasteiger partial charge in [-0.1, -0.05) is 13.3 Å². The molecule has 0 aromatic carbocycles. The Bertz CT molecular complexity index is 236. The van der Waals surface area contributed by atoms with Gasteiger partial charge in [-0.3, -0.25) is 4.79 Å². The molecule has 2 rings (SSSR count). The van der Waals surface area contributed by atoms with Crippen LogP contribution in [-0.2, 0) is 4.79 Å². The topological polar surface area (TPSA) is 20.3 Å². The van der Waals surface area contributed by atoms with E-state index in [9.17, 15) is 4.79 Å². The van der Waals surface area contributed by atoms with Crippen LogP contribution in [-0.4, -0.2) is 24.9 Å². The van der Waals surface area contributed by atoms with Gasteiger partial charge in [0.1, 0.15) is 0 Å². The fourth-order valence-electron chi connectivity index (χ4n) is 3.38. The van der Waals surface area contributed by atoms with E-state index in [0.717, 1.165) is 12.3 Å². The Morgan fingerprint density at radius 1 is 1.38 bits per heavy atom. The van der Waals surface area contributed by atoms with Crippen molar-refractivity contribution in [1.82, 2.24) is 4.90 Å². The Kier molecular flexibility index (Phi) is 1.90. The van der Waals surface area contributed by atoms with Gasteiger partial charge in [0.25, 0.3) is 0 Å². The second kappa shape index (κ2) is 2.73. The Morgan fingerprint density at radius 3 is 2.46 bits per heavy atom. The smallest absolute Gasteiger partial charge is 0.228 e. The minimum absolute atomic E-state index is 0.0214. The summed E-state index contributed by atoms with van der Waals surface area (Å²) < 4.78 is 0. The van der Waals surface area contributed by atoms with Gasteiger partial charge in [0.2, 0.25) is 5.91 Å². The molecule has 0 heterocycles. The maximum absolute atomic E-state index is 12.0. The SMILES string of the molecule is CN(C)C(=O)[C@]1(C)C[C@@H]2CC[C@@H]1C2. The number of rotatable bonds is 1. The van der Waals surface area contributed by atoms with Crippen molar-refractivity contribution in [3.8, 4) is 0 Å². The fraction of sp³-hybridized carbons (Fsp3) is 0.909. The lowest BCUT2D eigenvalue weighted by Gasteiger charge is -2.34. The van der Waals surface area contributed by atoms with Crippen molar-refractivity contribution in [1.29, 1.82) is 0 Å². The van der Waals surface area contributed by atoms with Crippen LogP contribution in [0.3, 0.4) is 0 Å². The lowest BCUT2D eigenvalue weighted by atomic mass is 9.74. The van der Waals surface area contributed by atoms with E-state index in [1.54, 1.807) is 4.90 Å². The first-order valence-electron chi connectivity index (χ1n) is 5.26. The maximum atomic E-state index is 12.0. The van der Waals surface area contributed by atoms with Crippen molar-refractivity contribution >= 4 is 5.91 Å². The molecule has 0 unspecified atom stereocenters. The maximum Gasteiger partial charge on any atom is 0.228 e. The highest BCUT2D eigenvalue weighted by atomic mass is 16.2. The summed E-state index contributed by atoms with van der Waals surface area (Å²) in [5, 5.41) is 0. The summed E-state index contributed by atoms with van der Waals surface area (Å²) in [5.41, 5.74) is -0.0214. The van der Waals surface area contributed by atoms with Crippen molar-refractivity contribution in [2.24, 2.45) is 17.3 Å². The van der Waals surface area contributed by atoms with E-state index in [2.05, 4.69) is 6.92 Å². The van der Waals surface area contributed by atoms with Gasteiger partial charge in [-0.05, 0) is 31.1 Å². The average molecular weight is 181 g/mol. The molecule has 0 spiro atoms. The van der Waals surface area contributed by atoms with Gasteiger partial charge in [-0.25, -0.2) is 0 Å². The van der Waals surface area contributed by atoms with Gasteiger partial charge in [0.05, 0.1) is 0 Å². The van der Waals surface area contributed by atoms with E-state index >= 15 is 0 Å². The van der Waals surface area contributed by atoms with E-state index in [-0.39, 0.29) is 5.41 Å². The highest BCUT2D eigenvalue weighted by Crippen LogP contribution is 2.56. The number of hydrogen-bond acceptors (Lipinski definition) is 1. The summed E-state index contributed by atoms with van der Waals surface area (Å²) in [6.07, 6.45) is 5.08. The molecule has 2 aliphatic rings. The fourth-order valence-corrected chi connectivity index (χ4v) is 3.38. The summed E-state index contributed by atoms with van der Waals surface area (Å²) in [5.74, 6) is 1.87. The third kappa shape index (κ3) is 1.18. The van der Waals surface area contributed by atoms with E-state index in [1.165, 1.54) is 19.3 Å². The molecule has 74 valence electrons. The van der Waals surface area contributed by atoms with Crippen LogP contribution in [0.25, 0.3) is 0 Å². The van der Waals surface area contributed by atoms with Crippen molar-refractivity contribution in [3.05, 3.63) is 0 Å². The molecule has 0 N–H and O–H groups in total. The number of hydrogen-bond donors (Lipinski definition) is 0. The van der Waals surface area contributed by atoms with Gasteiger partial charge >= 0.3 is 0 Å². The molecule has 2 saturated carbocycles. The molecule has 0 aromatic rings. The number of carbonyl (C=O) groups is 1. The molecule has 1 amide bonds. The van der Waals surface area contributed by atoms with Crippen molar-refractivity contribution in [2.75, 3.05) is 14.1 Å². The van der Waals surface area contributed by atoms with Crippen LogP contribution in [0.4, 0.5) is 0 Å². The zero-order valence-electron chi connectivity index (χ0n) is 8.84. The van der Waals surface area contributed by atoms with Crippen LogP contribution >= 0.6 is 0 Å². The van der Waals surface area contributed by atoms with Crippen LogP contribution in [0.15, 0.2) is 0 Å². The van der Waals surface area contributed by atoms with Crippen LogP contribution < -0.4 is 0 Å². The predicted octanol–water partition coefficient (Wildman–Crippen LogP) is 1.90. The minimum atomic E-state index is -0.0214. The lowest BCUT2D eigenvalue weighted by Crippen LogP contribution is -2.41. The molecule has 3 atom stereocenters. The van der Waals surface area contributed by atoms with Gasteiger partial charge < -0.3 is 4.90 Å². The first-order valence-corrected chi connectivity index (χ1v) is 5.26. The summed E-state index contributed by atoms with van der Waals surface area (Å²) in [6, 6.07) is 0. The summed E-state index contributed by atoms with van der Waals surface area (Å²) in [6.45, 7) is 2.17. The predicted molar refractivity (Wildman–Crippen MR) is 52.2 cm³/mol. The van der Waals surface area contributed by atoms with Crippen LogP contribution in [0.1, 0.15) is 32.6 Å². The molecule has 0 aromatic heterocycles. The van der Waals surface area contributed by atoms with Gasteiger partial charge in [0.15, 0.2) is 0 Å². The number of nitrogens with zero attached hydrogens (tertiary/aromatic N) is 1. The van der Waals surface area contributed by atoms with Crippen LogP contribution in [0.2, 0.25) is 0 Å². The lowest BCUT2D eigenvalue weighted by molar-refractivity contribution is -0.141. The largest absolute Gasteiger partial charge is 0.348 e. The standard InChI is InChI=1S/C11H19NO/c1-11(10(13)12(2)3)7-8-4-5-9(11)6-8/h8-9H,4-7H2,1-3H3/t8-,9-,11-/m1/s1. The molecular weight excluding hydrogens is 162 g/mol. The Morgan fingerprint density at radius 2 is 2.08 bits per heavy atom. The van der Waals surface area contributed by atoms with Crippen LogP contribution in [0.5, 0.6) is 0 Å². The summed E-state index contributed by atoms with van der Waals surface area (Å²) in [7, 11) is 3.75. The molecule has 2 fully saturated rings. The summed E-state index contributed by atoms with van der Waals surface area (Å²) >= 11 is 0. The molecule has 0 radical (unpaired) electrons. The number of fused-ring (bicyclic) bond motifs is 2. The molecule has 0 saturated heterocycles. The Hall–Kier alpha value is -0.530. The third-order valence-electron chi connectivity index (χ3n) is 4.05. The van der Waals surface area contributed by atoms with Crippen molar-refractivity contribution in [3.63, 3.8) is 0 Å². The summed E-state index contributed by atoms with van der Waals surface area (Å²) in [4.78, 5) is 13.7. The van der Waals surface area contributed by atoms with E-state index in [4.69, 9.17) is 0 Å². The second-order valence-electron chi connectivity index (χ2n) is 5.20. The number of amides is 1. The second-order valence-corrected chi connectivity index (χ2v) is 5.20. The van der Waals surface area contributed by atoms with E-state index in [0.29, 0.717) is 11.8 Å². The van der Waals surface area contributed by atoms with E-state index < -0.39 is 0 Å². The normalized spacial score (nSPS) is 42.4. The molecule has 2 heteroatoms. The van der Waals surface area contributed by atoms with Gasteiger partial charge in [0, 0.05) is 19.5 Å². The molecule has 0 aliphatic heterocycles. The molecule has 2 aliphatic carbocycles. The van der Waals surface area contributed by atoms with E-state index in [1.807, 2.05) is 14.1 Å². The Balaban J connectivity index is 2.18. The minimum Gasteiger partial charge on any atom is -0.348 e. The van der Waals surface area contributed by atoms with Crippen molar-refractivity contribution < 1.29 is 4.79 Å². The molecular formula is C11H19NO. The monoisotopic (exact) mass is 181 g/mol. The van der Waals surface area contributed by atoms with Gasteiger partial charge in [-0.15, -0.1) is 0 Å². The average Bonchev–Trinajstić information content (AvgIpc) is 2.62. The zero-order valence-corrected chi connectivity index (χ0v) is 8.84.